The van der Waals surface area contributed by atoms with E-state index in [1.54, 1.807) is 6.33 Å². The van der Waals surface area contributed by atoms with Crippen LogP contribution in [0.25, 0.3) is 0 Å². The number of aliphatic imine (C=N–C) groups is 1. The van der Waals surface area contributed by atoms with Gasteiger partial charge in [-0.25, -0.2) is 0 Å². The van der Waals surface area contributed by atoms with Crippen molar-refractivity contribution >= 4 is 5.96 Å². The molecule has 0 bridgehead atoms. The average Bonchev–Trinajstić information content (AvgIpc) is 3.29. The van der Waals surface area contributed by atoms with E-state index in [0.29, 0.717) is 31.6 Å². The molecule has 8 nitrogen and oxygen atoms in total. The molecule has 1 aromatic rings. The smallest absolute Gasteiger partial charge is 0.191 e. The molecule has 24 heavy (non-hydrogen) atoms. The number of aryl methyl sites for hydroxylation is 1. The van der Waals surface area contributed by atoms with Crippen LogP contribution in [0.2, 0.25) is 0 Å². The third-order valence-electron chi connectivity index (χ3n) is 3.82. The van der Waals surface area contributed by atoms with Crippen LogP contribution in [0.4, 0.5) is 0 Å². The Balaban J connectivity index is 1.68. The second-order valence-corrected chi connectivity index (χ2v) is 6.08. The van der Waals surface area contributed by atoms with E-state index in [4.69, 9.17) is 4.74 Å². The summed E-state index contributed by atoms with van der Waals surface area (Å²) in [5.41, 5.74) is 0. The van der Waals surface area contributed by atoms with Crippen molar-refractivity contribution in [1.29, 1.82) is 0 Å². The lowest BCUT2D eigenvalue weighted by Gasteiger charge is -2.14. The summed E-state index contributed by atoms with van der Waals surface area (Å²) in [6.45, 7) is 7.77. The first-order chi connectivity index (χ1) is 11.7. The fourth-order valence-electron chi connectivity index (χ4n) is 2.28. The van der Waals surface area contributed by atoms with E-state index in [1.165, 1.54) is 12.8 Å². The van der Waals surface area contributed by atoms with Crippen LogP contribution in [-0.2, 0) is 17.7 Å². The van der Waals surface area contributed by atoms with Gasteiger partial charge in [-0.2, -0.15) is 0 Å². The minimum absolute atomic E-state index is 0.326. The third-order valence-corrected chi connectivity index (χ3v) is 3.82. The van der Waals surface area contributed by atoms with Crippen molar-refractivity contribution in [2.45, 2.75) is 45.8 Å². The van der Waals surface area contributed by atoms with Gasteiger partial charge in [0.25, 0.3) is 0 Å². The highest BCUT2D eigenvalue weighted by Crippen LogP contribution is 2.28. The number of aliphatic hydroxyl groups excluding tert-OH is 1. The van der Waals surface area contributed by atoms with Gasteiger partial charge in [0.05, 0.1) is 19.3 Å². The van der Waals surface area contributed by atoms with Crippen molar-refractivity contribution in [3.8, 4) is 0 Å². The van der Waals surface area contributed by atoms with Crippen LogP contribution in [0, 0.1) is 5.92 Å². The molecule has 136 valence electrons. The Hall–Kier alpha value is -1.67. The van der Waals surface area contributed by atoms with Crippen molar-refractivity contribution in [3.63, 3.8) is 0 Å². The number of guanidine groups is 1. The Bertz CT molecular complexity index is 501. The Morgan fingerprint density at radius 3 is 3.00 bits per heavy atom. The van der Waals surface area contributed by atoms with Crippen molar-refractivity contribution in [2.75, 3.05) is 32.8 Å². The molecule has 1 aliphatic rings. The number of ether oxygens (including phenoxy) is 1. The zero-order valence-corrected chi connectivity index (χ0v) is 14.7. The Morgan fingerprint density at radius 1 is 1.46 bits per heavy atom. The van der Waals surface area contributed by atoms with Gasteiger partial charge < -0.3 is 25.0 Å². The van der Waals surface area contributed by atoms with Gasteiger partial charge in [0.2, 0.25) is 0 Å². The van der Waals surface area contributed by atoms with E-state index in [9.17, 15) is 5.11 Å². The van der Waals surface area contributed by atoms with Gasteiger partial charge in [-0.05, 0) is 25.7 Å². The molecule has 0 spiro atoms. The predicted molar refractivity (Wildman–Crippen MR) is 92.9 cm³/mol. The summed E-state index contributed by atoms with van der Waals surface area (Å²) in [6.07, 6.45) is 4.56. The average molecular weight is 338 g/mol. The van der Waals surface area contributed by atoms with Crippen LogP contribution < -0.4 is 10.6 Å². The normalized spacial score (nSPS) is 16.2. The highest BCUT2D eigenvalue weighted by molar-refractivity contribution is 5.79. The van der Waals surface area contributed by atoms with Gasteiger partial charge in [-0.15, -0.1) is 10.2 Å². The molecule has 0 radical (unpaired) electrons. The molecule has 1 fully saturated rings. The highest BCUT2D eigenvalue weighted by atomic mass is 16.5. The molecule has 1 atom stereocenters. The quantitative estimate of drug-likeness (QED) is 0.393. The number of hydrogen-bond acceptors (Lipinski definition) is 5. The standard InChI is InChI=1S/C16H30N6O2/c1-3-15-21-20-12-22(15)8-7-18-16(17-4-2)19-9-14(23)11-24-10-13-5-6-13/h12-14,23H,3-11H2,1-2H3,(H2,17,18,19). The molecular weight excluding hydrogens is 308 g/mol. The number of aromatic nitrogens is 3. The number of hydrogen-bond donors (Lipinski definition) is 3. The van der Waals surface area contributed by atoms with Crippen molar-refractivity contribution in [2.24, 2.45) is 10.9 Å². The lowest BCUT2D eigenvalue weighted by molar-refractivity contribution is 0.0368. The van der Waals surface area contributed by atoms with Crippen LogP contribution in [0.5, 0.6) is 0 Å². The van der Waals surface area contributed by atoms with E-state index >= 15 is 0 Å². The summed E-state index contributed by atoms with van der Waals surface area (Å²) in [5, 5.41) is 24.4. The lowest BCUT2D eigenvalue weighted by atomic mass is 10.4. The SMILES string of the molecule is CCNC(=NCC(O)COCC1CC1)NCCn1cnnc1CC. The number of aliphatic hydroxyl groups is 1. The summed E-state index contributed by atoms with van der Waals surface area (Å²) in [7, 11) is 0. The number of nitrogens with zero attached hydrogens (tertiary/aromatic N) is 4. The largest absolute Gasteiger partial charge is 0.389 e. The molecule has 0 amide bonds. The molecular formula is C16H30N6O2. The Labute approximate surface area is 143 Å². The topological polar surface area (TPSA) is 96.6 Å². The second-order valence-electron chi connectivity index (χ2n) is 6.08. The van der Waals surface area contributed by atoms with Crippen molar-refractivity contribution in [3.05, 3.63) is 12.2 Å². The zero-order valence-electron chi connectivity index (χ0n) is 14.7. The molecule has 1 saturated carbocycles. The Kier molecular flexibility index (Phi) is 7.97. The Morgan fingerprint density at radius 2 is 2.29 bits per heavy atom. The maximum atomic E-state index is 9.94. The van der Waals surface area contributed by atoms with Crippen LogP contribution in [-0.4, -0.2) is 64.8 Å². The van der Waals surface area contributed by atoms with Crippen LogP contribution in [0.15, 0.2) is 11.3 Å². The van der Waals surface area contributed by atoms with Gasteiger partial charge in [-0.1, -0.05) is 6.92 Å². The first-order valence-corrected chi connectivity index (χ1v) is 8.87. The van der Waals surface area contributed by atoms with Gasteiger partial charge >= 0.3 is 0 Å². The van der Waals surface area contributed by atoms with Crippen LogP contribution in [0.3, 0.4) is 0 Å². The minimum atomic E-state index is -0.566. The minimum Gasteiger partial charge on any atom is -0.389 e. The number of nitrogens with one attached hydrogen (secondary N) is 2. The molecule has 0 aliphatic heterocycles. The fraction of sp³-hybridized carbons (Fsp3) is 0.812. The van der Waals surface area contributed by atoms with E-state index in [-0.39, 0.29) is 0 Å². The van der Waals surface area contributed by atoms with Gasteiger partial charge in [0.15, 0.2) is 5.96 Å². The molecule has 1 aromatic heterocycles. The van der Waals surface area contributed by atoms with Crippen molar-refractivity contribution < 1.29 is 9.84 Å². The monoisotopic (exact) mass is 338 g/mol. The third kappa shape index (κ3) is 6.84. The van der Waals surface area contributed by atoms with E-state index in [1.807, 2.05) is 11.5 Å². The molecule has 1 aliphatic carbocycles. The van der Waals surface area contributed by atoms with Gasteiger partial charge in [0.1, 0.15) is 12.2 Å². The van der Waals surface area contributed by atoms with Crippen molar-refractivity contribution in [1.82, 2.24) is 25.4 Å². The zero-order chi connectivity index (χ0) is 17.2. The molecule has 1 heterocycles. The summed E-state index contributed by atoms with van der Waals surface area (Å²) >= 11 is 0. The van der Waals surface area contributed by atoms with E-state index in [2.05, 4.69) is 32.7 Å². The second kappa shape index (κ2) is 10.2. The molecule has 3 N–H and O–H groups in total. The maximum absolute atomic E-state index is 9.94. The van der Waals surface area contributed by atoms with Gasteiger partial charge in [0, 0.05) is 32.7 Å². The van der Waals surface area contributed by atoms with E-state index < -0.39 is 6.10 Å². The summed E-state index contributed by atoms with van der Waals surface area (Å²) in [5.74, 6) is 2.39. The molecule has 2 rings (SSSR count). The molecule has 8 heteroatoms. The maximum Gasteiger partial charge on any atom is 0.191 e. The highest BCUT2D eigenvalue weighted by Gasteiger charge is 2.21. The first-order valence-electron chi connectivity index (χ1n) is 8.87. The van der Waals surface area contributed by atoms with Crippen LogP contribution >= 0.6 is 0 Å². The van der Waals surface area contributed by atoms with Gasteiger partial charge in [-0.3, -0.25) is 4.99 Å². The predicted octanol–water partition coefficient (Wildman–Crippen LogP) is 0.183. The first kappa shape index (κ1) is 18.7. The lowest BCUT2D eigenvalue weighted by Crippen LogP contribution is -2.39. The summed E-state index contributed by atoms with van der Waals surface area (Å²) < 4.78 is 7.51. The molecule has 0 saturated heterocycles. The van der Waals surface area contributed by atoms with Crippen LogP contribution in [0.1, 0.15) is 32.5 Å². The summed E-state index contributed by atoms with van der Waals surface area (Å²) in [4.78, 5) is 4.41. The van der Waals surface area contributed by atoms with E-state index in [0.717, 1.165) is 31.9 Å². The fourth-order valence-corrected chi connectivity index (χ4v) is 2.28. The molecule has 1 unspecified atom stereocenters. The summed E-state index contributed by atoms with van der Waals surface area (Å²) in [6, 6.07) is 0. The number of rotatable bonds is 11. The molecule has 0 aromatic carbocycles.